The standard InChI is InChI=1S/C30H30N2O4/c1-36-30(35)27(32-29(34)26-19-23-11-5-6-12-24(23)20-28(26)33)18-22-13-15-25(16-14-22)31-17-7-10-21-8-3-2-4-9-21/h2-6,8-9,11-16,19-20,27,31,33H,7,10,17-18H2,1H3,(H,32,34)/t27-/m0/s1. The highest BCUT2D eigenvalue weighted by Gasteiger charge is 2.24. The van der Waals surface area contributed by atoms with Crippen molar-refractivity contribution in [2.24, 2.45) is 0 Å². The zero-order chi connectivity index (χ0) is 25.3. The number of aromatic hydroxyl groups is 1. The Hall–Kier alpha value is -4.32. The highest BCUT2D eigenvalue weighted by atomic mass is 16.5. The van der Waals surface area contributed by atoms with Gasteiger partial charge in [0.05, 0.1) is 12.7 Å². The summed E-state index contributed by atoms with van der Waals surface area (Å²) in [5.41, 5.74) is 3.30. The second-order valence-corrected chi connectivity index (χ2v) is 8.68. The fourth-order valence-electron chi connectivity index (χ4n) is 4.15. The van der Waals surface area contributed by atoms with Crippen molar-refractivity contribution in [2.45, 2.75) is 25.3 Å². The van der Waals surface area contributed by atoms with Crippen LogP contribution in [0.2, 0.25) is 0 Å². The van der Waals surface area contributed by atoms with E-state index in [-0.39, 0.29) is 17.7 Å². The molecule has 0 heterocycles. The first-order valence-electron chi connectivity index (χ1n) is 12.0. The minimum atomic E-state index is -0.891. The average Bonchev–Trinajstić information content (AvgIpc) is 2.91. The third kappa shape index (κ3) is 6.42. The van der Waals surface area contributed by atoms with Crippen molar-refractivity contribution in [3.8, 4) is 5.75 Å². The van der Waals surface area contributed by atoms with Gasteiger partial charge in [-0.05, 0) is 59.0 Å². The molecule has 0 fully saturated rings. The molecular formula is C30H30N2O4. The molecule has 4 aromatic rings. The van der Waals surface area contributed by atoms with Crippen LogP contribution in [0.4, 0.5) is 5.69 Å². The number of nitrogens with one attached hydrogen (secondary N) is 2. The van der Waals surface area contributed by atoms with Gasteiger partial charge >= 0.3 is 5.97 Å². The number of amides is 1. The van der Waals surface area contributed by atoms with Gasteiger partial charge in [0, 0.05) is 18.7 Å². The van der Waals surface area contributed by atoms with Gasteiger partial charge in [-0.15, -0.1) is 0 Å². The zero-order valence-corrected chi connectivity index (χ0v) is 20.2. The van der Waals surface area contributed by atoms with E-state index in [1.54, 1.807) is 12.1 Å². The molecule has 184 valence electrons. The number of esters is 1. The molecule has 3 N–H and O–H groups in total. The lowest BCUT2D eigenvalue weighted by Gasteiger charge is -2.18. The van der Waals surface area contributed by atoms with E-state index >= 15 is 0 Å². The number of methoxy groups -OCH3 is 1. The molecule has 36 heavy (non-hydrogen) atoms. The van der Waals surface area contributed by atoms with Gasteiger partial charge in [0.1, 0.15) is 11.8 Å². The maximum absolute atomic E-state index is 12.9. The Morgan fingerprint density at radius 3 is 2.22 bits per heavy atom. The molecule has 4 rings (SSSR count). The van der Waals surface area contributed by atoms with Crippen LogP contribution < -0.4 is 10.6 Å². The molecule has 0 aliphatic carbocycles. The Morgan fingerprint density at radius 1 is 0.861 bits per heavy atom. The summed E-state index contributed by atoms with van der Waals surface area (Å²) >= 11 is 0. The number of carbonyl (C=O) groups is 2. The van der Waals surface area contributed by atoms with Crippen molar-refractivity contribution in [1.29, 1.82) is 0 Å². The summed E-state index contributed by atoms with van der Waals surface area (Å²) in [5, 5.41) is 18.2. The lowest BCUT2D eigenvalue weighted by molar-refractivity contribution is -0.142. The Labute approximate surface area is 210 Å². The van der Waals surface area contributed by atoms with Gasteiger partial charge in [0.15, 0.2) is 0 Å². The molecule has 0 aliphatic heterocycles. The lowest BCUT2D eigenvalue weighted by Crippen LogP contribution is -2.43. The van der Waals surface area contributed by atoms with Crippen molar-refractivity contribution >= 4 is 28.3 Å². The van der Waals surface area contributed by atoms with Crippen LogP contribution in [0.1, 0.15) is 27.9 Å². The molecule has 1 atom stereocenters. The second kappa shape index (κ2) is 11.9. The molecule has 6 heteroatoms. The van der Waals surface area contributed by atoms with Crippen LogP contribution in [0.3, 0.4) is 0 Å². The van der Waals surface area contributed by atoms with Gasteiger partial charge in [-0.25, -0.2) is 4.79 Å². The monoisotopic (exact) mass is 482 g/mol. The lowest BCUT2D eigenvalue weighted by atomic mass is 10.0. The van der Waals surface area contributed by atoms with Crippen LogP contribution in [0.25, 0.3) is 10.8 Å². The predicted molar refractivity (Wildman–Crippen MR) is 142 cm³/mol. The molecule has 1 amide bonds. The zero-order valence-electron chi connectivity index (χ0n) is 20.2. The Balaban J connectivity index is 1.36. The fourth-order valence-corrected chi connectivity index (χ4v) is 4.15. The van der Waals surface area contributed by atoms with Gasteiger partial charge < -0.3 is 20.5 Å². The average molecular weight is 483 g/mol. The summed E-state index contributed by atoms with van der Waals surface area (Å²) in [6.45, 7) is 0.852. The Bertz CT molecular complexity index is 1320. The van der Waals surface area contributed by atoms with Crippen LogP contribution >= 0.6 is 0 Å². The maximum atomic E-state index is 12.9. The summed E-state index contributed by atoms with van der Waals surface area (Å²) in [5.74, 6) is -1.23. The van der Waals surface area contributed by atoms with E-state index in [0.29, 0.717) is 0 Å². The topological polar surface area (TPSA) is 87.7 Å². The van der Waals surface area contributed by atoms with Gasteiger partial charge in [-0.1, -0.05) is 66.7 Å². The third-order valence-electron chi connectivity index (χ3n) is 6.11. The molecule has 4 aromatic carbocycles. The highest BCUT2D eigenvalue weighted by Crippen LogP contribution is 2.25. The van der Waals surface area contributed by atoms with Crippen molar-refractivity contribution in [3.63, 3.8) is 0 Å². The molecule has 0 bridgehead atoms. The first-order chi connectivity index (χ1) is 17.5. The van der Waals surface area contributed by atoms with Gasteiger partial charge in [-0.2, -0.15) is 0 Å². The fraction of sp³-hybridized carbons (Fsp3) is 0.200. The van der Waals surface area contributed by atoms with Crippen molar-refractivity contribution in [3.05, 3.63) is 108 Å². The molecule has 0 saturated heterocycles. The molecule has 0 spiro atoms. The summed E-state index contributed by atoms with van der Waals surface area (Å²) in [6.07, 6.45) is 2.30. The summed E-state index contributed by atoms with van der Waals surface area (Å²) in [6, 6.07) is 27.9. The van der Waals surface area contributed by atoms with Gasteiger partial charge in [0.2, 0.25) is 0 Å². The number of hydrogen-bond donors (Lipinski definition) is 3. The number of hydrogen-bond acceptors (Lipinski definition) is 5. The summed E-state index contributed by atoms with van der Waals surface area (Å²) < 4.78 is 4.92. The van der Waals surface area contributed by atoms with Crippen LogP contribution in [-0.2, 0) is 22.4 Å². The molecule has 0 saturated carbocycles. The van der Waals surface area contributed by atoms with Crippen molar-refractivity contribution < 1.29 is 19.4 Å². The molecule has 0 radical (unpaired) electrons. The van der Waals surface area contributed by atoms with E-state index in [1.807, 2.05) is 54.6 Å². The normalized spacial score (nSPS) is 11.6. The number of rotatable bonds is 10. The molecule has 0 unspecified atom stereocenters. The molecule has 6 nitrogen and oxygen atoms in total. The second-order valence-electron chi connectivity index (χ2n) is 8.68. The third-order valence-corrected chi connectivity index (χ3v) is 6.11. The minimum absolute atomic E-state index is 0.109. The van der Waals surface area contributed by atoms with E-state index < -0.39 is 17.9 Å². The van der Waals surface area contributed by atoms with E-state index in [2.05, 4.69) is 34.9 Å². The SMILES string of the molecule is COC(=O)[C@H](Cc1ccc(NCCCc2ccccc2)cc1)NC(=O)c1cc2ccccc2cc1O. The van der Waals surface area contributed by atoms with Crippen molar-refractivity contribution in [2.75, 3.05) is 19.0 Å². The molecule has 0 aliphatic rings. The number of fused-ring (bicyclic) bond motifs is 1. The largest absolute Gasteiger partial charge is 0.507 e. The van der Waals surface area contributed by atoms with Gasteiger partial charge in [0.25, 0.3) is 5.91 Å². The highest BCUT2D eigenvalue weighted by molar-refractivity contribution is 6.02. The molecular weight excluding hydrogens is 452 g/mol. The smallest absolute Gasteiger partial charge is 0.328 e. The van der Waals surface area contributed by atoms with E-state index in [0.717, 1.165) is 41.4 Å². The number of aryl methyl sites for hydroxylation is 1. The summed E-state index contributed by atoms with van der Waals surface area (Å²) in [7, 11) is 1.29. The quantitative estimate of drug-likeness (QED) is 0.216. The first kappa shape index (κ1) is 24.8. The number of phenols is 1. The first-order valence-corrected chi connectivity index (χ1v) is 12.0. The van der Waals surface area contributed by atoms with Crippen LogP contribution in [-0.4, -0.2) is 36.7 Å². The molecule has 0 aromatic heterocycles. The van der Waals surface area contributed by atoms with Crippen LogP contribution in [0.15, 0.2) is 91.0 Å². The van der Waals surface area contributed by atoms with Crippen LogP contribution in [0, 0.1) is 0 Å². The van der Waals surface area contributed by atoms with E-state index in [9.17, 15) is 14.7 Å². The Kier molecular flexibility index (Phi) is 8.19. The Morgan fingerprint density at radius 2 is 1.53 bits per heavy atom. The predicted octanol–water partition coefficient (Wildman–Crippen LogP) is 5.10. The minimum Gasteiger partial charge on any atom is -0.507 e. The van der Waals surface area contributed by atoms with Gasteiger partial charge in [-0.3, -0.25) is 4.79 Å². The van der Waals surface area contributed by atoms with E-state index in [1.165, 1.54) is 12.7 Å². The van der Waals surface area contributed by atoms with Crippen molar-refractivity contribution in [1.82, 2.24) is 5.32 Å². The number of carbonyl (C=O) groups excluding carboxylic acids is 2. The number of phenolic OH excluding ortho intramolecular Hbond substituents is 1. The summed E-state index contributed by atoms with van der Waals surface area (Å²) in [4.78, 5) is 25.4. The number of anilines is 1. The number of ether oxygens (including phenoxy) is 1. The maximum Gasteiger partial charge on any atom is 0.328 e. The number of benzene rings is 4. The van der Waals surface area contributed by atoms with Crippen LogP contribution in [0.5, 0.6) is 5.75 Å². The van der Waals surface area contributed by atoms with E-state index in [4.69, 9.17) is 4.74 Å².